The molecule has 0 aliphatic rings. The van der Waals surface area contributed by atoms with Gasteiger partial charge in [-0.2, -0.15) is 0 Å². The number of rotatable bonds is 4. The fourth-order valence-electron chi connectivity index (χ4n) is 1.15. The van der Waals surface area contributed by atoms with Gasteiger partial charge in [-0.1, -0.05) is 0 Å². The van der Waals surface area contributed by atoms with E-state index in [0.29, 0.717) is 13.0 Å². The number of hydrogen-bond acceptors (Lipinski definition) is 3. The second-order valence-electron chi connectivity index (χ2n) is 4.33. The molecular formula is C11H17BrN2O. The Morgan fingerprint density at radius 2 is 2.20 bits per heavy atom. The number of anilines is 1. The van der Waals surface area contributed by atoms with E-state index in [-0.39, 0.29) is 0 Å². The van der Waals surface area contributed by atoms with E-state index < -0.39 is 5.60 Å². The third kappa shape index (κ3) is 4.62. The SMILES string of the molecule is Cc1cnc(NCCC(C)(C)O)c(Br)c1. The lowest BCUT2D eigenvalue weighted by atomic mass is 10.1. The Kier molecular flexibility index (Phi) is 4.11. The summed E-state index contributed by atoms with van der Waals surface area (Å²) < 4.78 is 0.957. The lowest BCUT2D eigenvalue weighted by Crippen LogP contribution is -2.22. The molecule has 0 aromatic carbocycles. The summed E-state index contributed by atoms with van der Waals surface area (Å²) in [6, 6.07) is 2.01. The number of aromatic nitrogens is 1. The molecule has 0 aliphatic carbocycles. The second-order valence-corrected chi connectivity index (χ2v) is 5.19. The van der Waals surface area contributed by atoms with Gasteiger partial charge in [-0.25, -0.2) is 4.98 Å². The molecule has 1 heterocycles. The normalized spacial score (nSPS) is 11.5. The van der Waals surface area contributed by atoms with Crippen LogP contribution < -0.4 is 5.32 Å². The maximum atomic E-state index is 9.54. The highest BCUT2D eigenvalue weighted by Crippen LogP contribution is 2.20. The molecule has 4 heteroatoms. The summed E-state index contributed by atoms with van der Waals surface area (Å²) in [5.74, 6) is 0.824. The summed E-state index contributed by atoms with van der Waals surface area (Å²) >= 11 is 3.44. The number of aryl methyl sites for hydroxylation is 1. The molecule has 84 valence electrons. The fraction of sp³-hybridized carbons (Fsp3) is 0.545. The van der Waals surface area contributed by atoms with E-state index >= 15 is 0 Å². The number of hydrogen-bond donors (Lipinski definition) is 2. The van der Waals surface area contributed by atoms with Crippen LogP contribution in [-0.2, 0) is 0 Å². The van der Waals surface area contributed by atoms with E-state index in [1.54, 1.807) is 13.8 Å². The monoisotopic (exact) mass is 272 g/mol. The molecule has 0 fully saturated rings. The molecule has 0 saturated heterocycles. The number of nitrogens with one attached hydrogen (secondary N) is 1. The minimum absolute atomic E-state index is 0.635. The van der Waals surface area contributed by atoms with Gasteiger partial charge in [-0.15, -0.1) is 0 Å². The van der Waals surface area contributed by atoms with E-state index in [9.17, 15) is 5.11 Å². The quantitative estimate of drug-likeness (QED) is 0.886. The van der Waals surface area contributed by atoms with E-state index in [1.807, 2.05) is 19.2 Å². The first-order valence-corrected chi connectivity index (χ1v) is 5.76. The van der Waals surface area contributed by atoms with Crippen molar-refractivity contribution < 1.29 is 5.11 Å². The molecule has 15 heavy (non-hydrogen) atoms. The van der Waals surface area contributed by atoms with Crippen molar-refractivity contribution in [1.29, 1.82) is 0 Å². The third-order valence-corrected chi connectivity index (χ3v) is 2.61. The number of pyridine rings is 1. The van der Waals surface area contributed by atoms with E-state index in [0.717, 1.165) is 15.9 Å². The minimum atomic E-state index is -0.635. The molecule has 0 atom stereocenters. The van der Waals surface area contributed by atoms with Gasteiger partial charge in [0.05, 0.1) is 10.1 Å². The van der Waals surface area contributed by atoms with Gasteiger partial charge in [0.15, 0.2) is 0 Å². The second kappa shape index (κ2) is 4.94. The highest BCUT2D eigenvalue weighted by atomic mass is 79.9. The van der Waals surface area contributed by atoms with Gasteiger partial charge in [-0.05, 0) is 54.8 Å². The molecular weight excluding hydrogens is 256 g/mol. The van der Waals surface area contributed by atoms with Gasteiger partial charge in [0.25, 0.3) is 0 Å². The lowest BCUT2D eigenvalue weighted by molar-refractivity contribution is 0.0748. The molecule has 0 aliphatic heterocycles. The van der Waals surface area contributed by atoms with Crippen molar-refractivity contribution >= 4 is 21.7 Å². The standard InChI is InChI=1S/C11H17BrN2O/c1-8-6-9(12)10(14-7-8)13-5-4-11(2,3)15/h6-7,15H,4-5H2,1-3H3,(H,13,14). The molecule has 0 unspecified atom stereocenters. The highest BCUT2D eigenvalue weighted by molar-refractivity contribution is 9.10. The molecule has 1 aromatic heterocycles. The first-order valence-electron chi connectivity index (χ1n) is 4.97. The van der Waals surface area contributed by atoms with Gasteiger partial charge in [0, 0.05) is 12.7 Å². The van der Waals surface area contributed by atoms with Crippen LogP contribution in [0.4, 0.5) is 5.82 Å². The zero-order valence-corrected chi connectivity index (χ0v) is 10.9. The number of aliphatic hydroxyl groups is 1. The van der Waals surface area contributed by atoms with Crippen molar-refractivity contribution in [2.24, 2.45) is 0 Å². The van der Waals surface area contributed by atoms with Crippen molar-refractivity contribution in [2.45, 2.75) is 32.8 Å². The van der Waals surface area contributed by atoms with Crippen molar-refractivity contribution in [3.05, 3.63) is 22.3 Å². The van der Waals surface area contributed by atoms with Gasteiger partial charge < -0.3 is 10.4 Å². The van der Waals surface area contributed by atoms with Gasteiger partial charge >= 0.3 is 0 Å². The summed E-state index contributed by atoms with van der Waals surface area (Å²) in [6.07, 6.45) is 2.51. The third-order valence-electron chi connectivity index (χ3n) is 2.01. The Labute approximate surface area is 99.1 Å². The van der Waals surface area contributed by atoms with Gasteiger partial charge in [0.2, 0.25) is 0 Å². The van der Waals surface area contributed by atoms with Crippen molar-refractivity contribution in [1.82, 2.24) is 4.98 Å². The van der Waals surface area contributed by atoms with Crippen LogP contribution in [-0.4, -0.2) is 22.2 Å². The first-order chi connectivity index (χ1) is 6.88. The topological polar surface area (TPSA) is 45.2 Å². The van der Waals surface area contributed by atoms with Crippen LogP contribution in [0.3, 0.4) is 0 Å². The number of halogens is 1. The van der Waals surface area contributed by atoms with Crippen molar-refractivity contribution in [3.8, 4) is 0 Å². The average Bonchev–Trinajstić information content (AvgIpc) is 2.07. The molecule has 0 spiro atoms. The summed E-state index contributed by atoms with van der Waals surface area (Å²) in [4.78, 5) is 4.26. The molecule has 2 N–H and O–H groups in total. The van der Waals surface area contributed by atoms with E-state index in [4.69, 9.17) is 0 Å². The molecule has 0 bridgehead atoms. The Hall–Kier alpha value is -0.610. The predicted octanol–water partition coefficient (Wildman–Crippen LogP) is 2.73. The van der Waals surface area contributed by atoms with Crippen LogP contribution in [0.25, 0.3) is 0 Å². The van der Waals surface area contributed by atoms with Crippen LogP contribution in [0, 0.1) is 6.92 Å². The van der Waals surface area contributed by atoms with Crippen LogP contribution in [0.1, 0.15) is 25.8 Å². The average molecular weight is 273 g/mol. The molecule has 0 radical (unpaired) electrons. The Balaban J connectivity index is 2.51. The van der Waals surface area contributed by atoms with Crippen LogP contribution >= 0.6 is 15.9 Å². The van der Waals surface area contributed by atoms with Crippen molar-refractivity contribution in [2.75, 3.05) is 11.9 Å². The Bertz CT molecular complexity index is 334. The summed E-state index contributed by atoms with van der Waals surface area (Å²) in [7, 11) is 0. The maximum Gasteiger partial charge on any atom is 0.140 e. The van der Waals surface area contributed by atoms with E-state index in [1.165, 1.54) is 0 Å². The summed E-state index contributed by atoms with van der Waals surface area (Å²) in [6.45, 7) is 6.30. The molecule has 3 nitrogen and oxygen atoms in total. The Morgan fingerprint density at radius 1 is 1.53 bits per heavy atom. The van der Waals surface area contributed by atoms with Crippen LogP contribution in [0.5, 0.6) is 0 Å². The molecule has 0 amide bonds. The van der Waals surface area contributed by atoms with Crippen LogP contribution in [0.2, 0.25) is 0 Å². The van der Waals surface area contributed by atoms with Crippen LogP contribution in [0.15, 0.2) is 16.7 Å². The Morgan fingerprint density at radius 3 is 2.73 bits per heavy atom. The summed E-state index contributed by atoms with van der Waals surface area (Å²) in [5.41, 5.74) is 0.486. The predicted molar refractivity (Wildman–Crippen MR) is 66.1 cm³/mol. The van der Waals surface area contributed by atoms with Crippen molar-refractivity contribution in [3.63, 3.8) is 0 Å². The number of nitrogens with zero attached hydrogens (tertiary/aromatic N) is 1. The lowest BCUT2D eigenvalue weighted by Gasteiger charge is -2.17. The summed E-state index contributed by atoms with van der Waals surface area (Å²) in [5, 5.41) is 12.7. The largest absolute Gasteiger partial charge is 0.390 e. The molecule has 1 rings (SSSR count). The first kappa shape index (κ1) is 12.5. The maximum absolute atomic E-state index is 9.54. The molecule has 1 aromatic rings. The highest BCUT2D eigenvalue weighted by Gasteiger charge is 2.11. The zero-order valence-electron chi connectivity index (χ0n) is 9.34. The minimum Gasteiger partial charge on any atom is -0.390 e. The fourth-order valence-corrected chi connectivity index (χ4v) is 1.75. The van der Waals surface area contributed by atoms with Gasteiger partial charge in [0.1, 0.15) is 5.82 Å². The smallest absolute Gasteiger partial charge is 0.140 e. The van der Waals surface area contributed by atoms with E-state index in [2.05, 4.69) is 26.2 Å². The molecule has 0 saturated carbocycles. The van der Waals surface area contributed by atoms with Gasteiger partial charge in [-0.3, -0.25) is 0 Å². The zero-order chi connectivity index (χ0) is 11.5.